The molecule has 1 saturated carbocycles. The SMILES string of the molecule is CCC(NCC1CCCC1CO)c1cccc(Cl)c1. The van der Waals surface area contributed by atoms with Gasteiger partial charge in [-0.2, -0.15) is 0 Å². The third-order valence-electron chi connectivity index (χ3n) is 4.34. The van der Waals surface area contributed by atoms with E-state index in [0.29, 0.717) is 24.5 Å². The van der Waals surface area contributed by atoms with Crippen LogP contribution in [0.3, 0.4) is 0 Å². The summed E-state index contributed by atoms with van der Waals surface area (Å²) < 4.78 is 0. The maximum atomic E-state index is 9.37. The summed E-state index contributed by atoms with van der Waals surface area (Å²) >= 11 is 6.06. The first-order valence-corrected chi connectivity index (χ1v) is 7.72. The Hall–Kier alpha value is -0.570. The molecule has 19 heavy (non-hydrogen) atoms. The average Bonchev–Trinajstić information content (AvgIpc) is 2.87. The summed E-state index contributed by atoms with van der Waals surface area (Å²) in [5.41, 5.74) is 1.26. The second kappa shape index (κ2) is 7.28. The number of aliphatic hydroxyl groups excluding tert-OH is 1. The summed E-state index contributed by atoms with van der Waals surface area (Å²) in [6.45, 7) is 3.52. The van der Waals surface area contributed by atoms with Crippen molar-refractivity contribution in [2.45, 2.75) is 38.6 Å². The third-order valence-corrected chi connectivity index (χ3v) is 4.57. The number of rotatable bonds is 6. The van der Waals surface area contributed by atoms with Gasteiger partial charge < -0.3 is 10.4 Å². The Morgan fingerprint density at radius 2 is 2.16 bits per heavy atom. The van der Waals surface area contributed by atoms with E-state index in [4.69, 9.17) is 11.6 Å². The minimum absolute atomic E-state index is 0.334. The van der Waals surface area contributed by atoms with Gasteiger partial charge in [-0.15, -0.1) is 0 Å². The van der Waals surface area contributed by atoms with Gasteiger partial charge in [-0.1, -0.05) is 37.1 Å². The van der Waals surface area contributed by atoms with E-state index < -0.39 is 0 Å². The number of benzene rings is 1. The van der Waals surface area contributed by atoms with Crippen LogP contribution in [0.1, 0.15) is 44.2 Å². The molecule has 1 fully saturated rings. The summed E-state index contributed by atoms with van der Waals surface area (Å²) in [5.74, 6) is 1.11. The molecule has 2 rings (SSSR count). The summed E-state index contributed by atoms with van der Waals surface area (Å²) in [6, 6.07) is 8.45. The molecule has 0 saturated heterocycles. The van der Waals surface area contributed by atoms with E-state index in [0.717, 1.165) is 18.0 Å². The van der Waals surface area contributed by atoms with Gasteiger partial charge in [0, 0.05) is 17.7 Å². The largest absolute Gasteiger partial charge is 0.396 e. The highest BCUT2D eigenvalue weighted by atomic mass is 35.5. The normalized spacial score (nSPS) is 24.6. The van der Waals surface area contributed by atoms with Crippen LogP contribution in [-0.2, 0) is 0 Å². The first-order valence-electron chi connectivity index (χ1n) is 7.34. The maximum absolute atomic E-state index is 9.37. The molecule has 0 aliphatic heterocycles. The number of halogens is 1. The Bertz CT molecular complexity index is 396. The lowest BCUT2D eigenvalue weighted by Gasteiger charge is -2.23. The van der Waals surface area contributed by atoms with Crippen LogP contribution in [0.15, 0.2) is 24.3 Å². The number of hydrogen-bond donors (Lipinski definition) is 2. The van der Waals surface area contributed by atoms with Crippen molar-refractivity contribution in [2.24, 2.45) is 11.8 Å². The minimum atomic E-state index is 0.334. The fourth-order valence-corrected chi connectivity index (χ4v) is 3.34. The zero-order chi connectivity index (χ0) is 13.7. The first-order chi connectivity index (χ1) is 9.24. The molecule has 0 radical (unpaired) electrons. The van der Waals surface area contributed by atoms with Crippen molar-refractivity contribution < 1.29 is 5.11 Å². The van der Waals surface area contributed by atoms with Crippen LogP contribution in [0.25, 0.3) is 0 Å². The van der Waals surface area contributed by atoms with Crippen molar-refractivity contribution in [2.75, 3.05) is 13.2 Å². The second-order valence-corrected chi connectivity index (χ2v) is 5.99. The molecule has 0 heterocycles. The van der Waals surface area contributed by atoms with E-state index in [2.05, 4.69) is 18.3 Å². The van der Waals surface area contributed by atoms with Crippen LogP contribution < -0.4 is 5.32 Å². The molecule has 2 nitrogen and oxygen atoms in total. The molecule has 1 aromatic carbocycles. The lowest BCUT2D eigenvalue weighted by atomic mass is 9.95. The summed E-state index contributed by atoms with van der Waals surface area (Å²) in [6.07, 6.45) is 4.73. The molecule has 106 valence electrons. The molecular weight excluding hydrogens is 258 g/mol. The lowest BCUT2D eigenvalue weighted by molar-refractivity contribution is 0.190. The van der Waals surface area contributed by atoms with Gasteiger partial charge in [0.2, 0.25) is 0 Å². The Kier molecular flexibility index (Phi) is 5.68. The van der Waals surface area contributed by atoms with Crippen molar-refractivity contribution in [3.05, 3.63) is 34.9 Å². The molecule has 3 atom stereocenters. The Morgan fingerprint density at radius 3 is 2.84 bits per heavy atom. The second-order valence-electron chi connectivity index (χ2n) is 5.56. The van der Waals surface area contributed by atoms with Gasteiger partial charge in [-0.25, -0.2) is 0 Å². The van der Waals surface area contributed by atoms with Gasteiger partial charge in [0.15, 0.2) is 0 Å². The predicted octanol–water partition coefficient (Wildman–Crippen LogP) is 3.79. The van der Waals surface area contributed by atoms with Crippen LogP contribution in [0.2, 0.25) is 5.02 Å². The fourth-order valence-electron chi connectivity index (χ4n) is 3.14. The summed E-state index contributed by atoms with van der Waals surface area (Å²) in [5, 5.41) is 13.8. The summed E-state index contributed by atoms with van der Waals surface area (Å²) in [4.78, 5) is 0. The first kappa shape index (κ1) is 14.8. The van der Waals surface area contributed by atoms with E-state index in [9.17, 15) is 5.11 Å². The quantitative estimate of drug-likeness (QED) is 0.831. The molecule has 1 aliphatic carbocycles. The smallest absolute Gasteiger partial charge is 0.0462 e. The Morgan fingerprint density at radius 1 is 1.37 bits per heavy atom. The number of nitrogens with one attached hydrogen (secondary N) is 1. The highest BCUT2D eigenvalue weighted by molar-refractivity contribution is 6.30. The average molecular weight is 282 g/mol. The third kappa shape index (κ3) is 3.95. The fraction of sp³-hybridized carbons (Fsp3) is 0.625. The van der Waals surface area contributed by atoms with E-state index in [-0.39, 0.29) is 0 Å². The molecular formula is C16H24ClNO. The highest BCUT2D eigenvalue weighted by Crippen LogP contribution is 2.31. The zero-order valence-electron chi connectivity index (χ0n) is 11.6. The van der Waals surface area contributed by atoms with Crippen molar-refractivity contribution in [3.8, 4) is 0 Å². The monoisotopic (exact) mass is 281 g/mol. The van der Waals surface area contributed by atoms with Gasteiger partial charge in [0.05, 0.1) is 0 Å². The highest BCUT2D eigenvalue weighted by Gasteiger charge is 2.26. The standard InChI is InChI=1S/C16H24ClNO/c1-2-16(12-5-4-8-15(17)9-12)18-10-13-6-3-7-14(13)11-19/h4-5,8-9,13-14,16,18-19H,2-3,6-7,10-11H2,1H3. The topological polar surface area (TPSA) is 32.3 Å². The van der Waals surface area contributed by atoms with Crippen molar-refractivity contribution in [1.29, 1.82) is 0 Å². The van der Waals surface area contributed by atoms with Crippen LogP contribution >= 0.6 is 11.6 Å². The van der Waals surface area contributed by atoms with Crippen LogP contribution in [0.4, 0.5) is 0 Å². The lowest BCUT2D eigenvalue weighted by Crippen LogP contribution is -2.29. The molecule has 3 heteroatoms. The number of aliphatic hydroxyl groups is 1. The van der Waals surface area contributed by atoms with Crippen molar-refractivity contribution in [3.63, 3.8) is 0 Å². The molecule has 1 aromatic rings. The summed E-state index contributed by atoms with van der Waals surface area (Å²) in [7, 11) is 0. The minimum Gasteiger partial charge on any atom is -0.396 e. The van der Waals surface area contributed by atoms with Crippen molar-refractivity contribution in [1.82, 2.24) is 5.32 Å². The van der Waals surface area contributed by atoms with Gasteiger partial charge in [-0.3, -0.25) is 0 Å². The molecule has 0 bridgehead atoms. The zero-order valence-corrected chi connectivity index (χ0v) is 12.4. The van der Waals surface area contributed by atoms with Gasteiger partial charge >= 0.3 is 0 Å². The molecule has 0 aromatic heterocycles. The van der Waals surface area contributed by atoms with E-state index >= 15 is 0 Å². The van der Waals surface area contributed by atoms with Crippen LogP contribution in [0.5, 0.6) is 0 Å². The predicted molar refractivity (Wildman–Crippen MR) is 80.4 cm³/mol. The molecule has 2 N–H and O–H groups in total. The van der Waals surface area contributed by atoms with Gasteiger partial charge in [0.1, 0.15) is 0 Å². The number of hydrogen-bond acceptors (Lipinski definition) is 2. The molecule has 1 aliphatic rings. The molecule has 0 spiro atoms. The van der Waals surface area contributed by atoms with E-state index in [1.54, 1.807) is 0 Å². The molecule has 3 unspecified atom stereocenters. The van der Waals surface area contributed by atoms with Crippen LogP contribution in [0, 0.1) is 11.8 Å². The maximum Gasteiger partial charge on any atom is 0.0462 e. The Balaban J connectivity index is 1.92. The van der Waals surface area contributed by atoms with Gasteiger partial charge in [0.25, 0.3) is 0 Å². The van der Waals surface area contributed by atoms with Crippen molar-refractivity contribution >= 4 is 11.6 Å². The Labute approximate surface area is 121 Å². The molecule has 0 amide bonds. The van der Waals surface area contributed by atoms with E-state index in [1.165, 1.54) is 24.8 Å². The van der Waals surface area contributed by atoms with Gasteiger partial charge in [-0.05, 0) is 55.3 Å². The van der Waals surface area contributed by atoms with E-state index in [1.807, 2.05) is 18.2 Å². The van der Waals surface area contributed by atoms with Crippen LogP contribution in [-0.4, -0.2) is 18.3 Å².